The molecule has 0 aliphatic carbocycles. The third-order valence-corrected chi connectivity index (χ3v) is 8.54. The van der Waals surface area contributed by atoms with Gasteiger partial charge < -0.3 is 9.88 Å². The van der Waals surface area contributed by atoms with Gasteiger partial charge in [0.15, 0.2) is 0 Å². The van der Waals surface area contributed by atoms with Crippen LogP contribution in [0.25, 0.3) is 21.8 Å². The molecule has 0 saturated heterocycles. The quantitative estimate of drug-likeness (QED) is 0.245. The molecule has 1 N–H and O–H groups in total. The zero-order valence-corrected chi connectivity index (χ0v) is 22.1. The minimum Gasteiger partial charge on any atom is -0.355 e. The topological polar surface area (TPSA) is 54.3 Å². The Morgan fingerprint density at radius 1 is 0.625 bits per heavy atom. The second-order valence-electron chi connectivity index (χ2n) is 10.7. The average Bonchev–Trinajstić information content (AvgIpc) is 3.43. The van der Waals surface area contributed by atoms with Crippen molar-refractivity contribution < 1.29 is 9.59 Å². The molecule has 2 amide bonds. The number of amides is 2. The summed E-state index contributed by atoms with van der Waals surface area (Å²) in [4.78, 5) is 28.6. The number of nitrogens with one attached hydrogen (secondary N) is 1. The Bertz CT molecular complexity index is 1970. The average molecular weight is 520 g/mol. The van der Waals surface area contributed by atoms with Crippen LogP contribution in [0.4, 0.5) is 11.4 Å². The Labute approximate surface area is 231 Å². The lowest BCUT2D eigenvalue weighted by Crippen LogP contribution is -2.42. The molecule has 0 unspecified atom stereocenters. The minimum atomic E-state index is -0.960. The van der Waals surface area contributed by atoms with E-state index in [0.29, 0.717) is 11.1 Å². The van der Waals surface area contributed by atoms with E-state index in [4.69, 9.17) is 0 Å². The second-order valence-corrected chi connectivity index (χ2v) is 10.7. The number of para-hydroxylation sites is 4. The molecular formula is C35H25N3O2. The molecule has 2 aliphatic rings. The van der Waals surface area contributed by atoms with Crippen LogP contribution in [-0.4, -0.2) is 28.3 Å². The highest BCUT2D eigenvalue weighted by atomic mass is 16.2. The van der Waals surface area contributed by atoms with E-state index in [2.05, 4.69) is 88.7 Å². The Morgan fingerprint density at radius 3 is 1.75 bits per heavy atom. The van der Waals surface area contributed by atoms with Crippen LogP contribution in [0.5, 0.6) is 0 Å². The van der Waals surface area contributed by atoms with Gasteiger partial charge in [0.05, 0.1) is 22.2 Å². The number of carbonyl (C=O) groups is 2. The number of aromatic nitrogens is 1. The molecule has 3 heterocycles. The molecule has 0 radical (unpaired) electrons. The first kappa shape index (κ1) is 22.8. The maximum absolute atomic E-state index is 13.9. The van der Waals surface area contributed by atoms with Gasteiger partial charge in [-0.2, -0.15) is 0 Å². The van der Waals surface area contributed by atoms with Crippen LogP contribution in [0.15, 0.2) is 109 Å². The maximum Gasteiger partial charge on any atom is 0.261 e. The normalized spacial score (nSPS) is 15.2. The van der Waals surface area contributed by atoms with E-state index in [0.717, 1.165) is 55.4 Å². The van der Waals surface area contributed by atoms with Gasteiger partial charge >= 0.3 is 0 Å². The van der Waals surface area contributed by atoms with Crippen molar-refractivity contribution in [1.29, 1.82) is 0 Å². The smallest absolute Gasteiger partial charge is 0.261 e. The summed E-state index contributed by atoms with van der Waals surface area (Å²) in [5, 5.41) is 5.93. The molecule has 0 atom stereocenters. The second kappa shape index (κ2) is 7.93. The number of carbonyl (C=O) groups excluding carboxylic acids is 2. The molecule has 1 aromatic heterocycles. The molecule has 6 aromatic rings. The predicted molar refractivity (Wildman–Crippen MR) is 158 cm³/mol. The minimum absolute atomic E-state index is 0.266. The lowest BCUT2D eigenvalue weighted by atomic mass is 9.70. The number of fused-ring (bicyclic) bond motifs is 6. The van der Waals surface area contributed by atoms with E-state index >= 15 is 0 Å². The number of anilines is 2. The molecule has 192 valence electrons. The van der Waals surface area contributed by atoms with Crippen molar-refractivity contribution in [3.8, 4) is 0 Å². The lowest BCUT2D eigenvalue weighted by molar-refractivity contribution is 0.0692. The van der Waals surface area contributed by atoms with Crippen LogP contribution in [0.3, 0.4) is 0 Å². The van der Waals surface area contributed by atoms with Crippen LogP contribution in [-0.2, 0) is 5.54 Å². The van der Waals surface area contributed by atoms with Crippen molar-refractivity contribution in [2.24, 2.45) is 0 Å². The molecule has 8 rings (SSSR count). The first-order chi connectivity index (χ1) is 19.5. The molecule has 0 spiro atoms. The highest BCUT2D eigenvalue weighted by Crippen LogP contribution is 2.55. The number of nitrogens with zero attached hydrogens (tertiary/aromatic N) is 2. The predicted octanol–water partition coefficient (Wildman–Crippen LogP) is 7.23. The largest absolute Gasteiger partial charge is 0.355 e. The monoisotopic (exact) mass is 519 g/mol. The van der Waals surface area contributed by atoms with E-state index in [1.54, 1.807) is 7.05 Å². The summed E-state index contributed by atoms with van der Waals surface area (Å²) in [6.45, 7) is 2.00. The van der Waals surface area contributed by atoms with Crippen molar-refractivity contribution in [2.75, 3.05) is 12.4 Å². The third kappa shape index (κ3) is 2.71. The van der Waals surface area contributed by atoms with Gasteiger partial charge in [-0.25, -0.2) is 0 Å². The highest BCUT2D eigenvalue weighted by Gasteiger charge is 2.50. The van der Waals surface area contributed by atoms with E-state index < -0.39 is 5.54 Å². The molecule has 0 saturated carbocycles. The molecule has 0 bridgehead atoms. The van der Waals surface area contributed by atoms with Gasteiger partial charge in [0, 0.05) is 45.9 Å². The number of benzene rings is 5. The molecule has 5 nitrogen and oxygen atoms in total. The summed E-state index contributed by atoms with van der Waals surface area (Å²) < 4.78 is 2.39. The SMILES string of the molecule is Cc1cc2c(c(C3(n4c5ccccc5c5ccccc54)c4ccccc4Nc4ccccc43)c1)C(=O)N(C)C2=O. The van der Waals surface area contributed by atoms with Crippen LogP contribution in [0.2, 0.25) is 0 Å². The standard InChI is InChI=1S/C35H25N3O2/c1-21-19-24-32(34(40)37(2)33(24)39)27(20-21)35(25-13-5-7-15-28(25)36-29-16-8-6-14-26(29)35)38-30-17-9-3-11-22(30)23-12-4-10-18-31(23)38/h3-20,36H,1-2H3. The van der Waals surface area contributed by atoms with Crippen molar-refractivity contribution in [3.63, 3.8) is 0 Å². The molecule has 2 aliphatic heterocycles. The lowest BCUT2D eigenvalue weighted by Gasteiger charge is -2.44. The number of hydrogen-bond donors (Lipinski definition) is 1. The van der Waals surface area contributed by atoms with E-state index in [1.165, 1.54) is 4.90 Å². The van der Waals surface area contributed by atoms with Crippen LogP contribution in [0.1, 0.15) is 43.0 Å². The molecule has 5 heteroatoms. The number of aryl methyl sites for hydroxylation is 1. The maximum atomic E-state index is 13.9. The molecular weight excluding hydrogens is 494 g/mol. The summed E-state index contributed by atoms with van der Waals surface area (Å²) in [5.41, 5.74) is 7.75. The van der Waals surface area contributed by atoms with Crippen LogP contribution < -0.4 is 5.32 Å². The Kier molecular flexibility index (Phi) is 4.52. The first-order valence-corrected chi connectivity index (χ1v) is 13.4. The van der Waals surface area contributed by atoms with Crippen molar-refractivity contribution in [1.82, 2.24) is 9.47 Å². The molecule has 40 heavy (non-hydrogen) atoms. The van der Waals surface area contributed by atoms with Crippen LogP contribution >= 0.6 is 0 Å². The first-order valence-electron chi connectivity index (χ1n) is 13.4. The Balaban J connectivity index is 1.69. The fraction of sp³-hybridized carbons (Fsp3) is 0.0857. The van der Waals surface area contributed by atoms with Crippen molar-refractivity contribution in [3.05, 3.63) is 143 Å². The Hall–Kier alpha value is -5.16. The number of imide groups is 1. The third-order valence-electron chi connectivity index (χ3n) is 8.54. The highest BCUT2D eigenvalue weighted by molar-refractivity contribution is 6.22. The molecule has 0 fully saturated rings. The van der Waals surface area contributed by atoms with E-state index in [-0.39, 0.29) is 11.8 Å². The van der Waals surface area contributed by atoms with Crippen LogP contribution in [0, 0.1) is 6.92 Å². The number of hydrogen-bond acceptors (Lipinski definition) is 3. The van der Waals surface area contributed by atoms with Gasteiger partial charge in [0.25, 0.3) is 11.8 Å². The summed E-state index contributed by atoms with van der Waals surface area (Å²) in [6.07, 6.45) is 0. The van der Waals surface area contributed by atoms with Gasteiger partial charge in [0.2, 0.25) is 0 Å². The van der Waals surface area contributed by atoms with Gasteiger partial charge in [-0.3, -0.25) is 14.5 Å². The fourth-order valence-electron chi connectivity index (χ4n) is 6.95. The zero-order valence-electron chi connectivity index (χ0n) is 22.1. The van der Waals surface area contributed by atoms with Gasteiger partial charge in [-0.05, 0) is 42.8 Å². The molecule has 5 aromatic carbocycles. The summed E-state index contributed by atoms with van der Waals surface area (Å²) >= 11 is 0. The summed E-state index contributed by atoms with van der Waals surface area (Å²) in [6, 6.07) is 37.4. The summed E-state index contributed by atoms with van der Waals surface area (Å²) in [7, 11) is 1.57. The van der Waals surface area contributed by atoms with Gasteiger partial charge in [-0.1, -0.05) is 78.9 Å². The van der Waals surface area contributed by atoms with Gasteiger partial charge in [0.1, 0.15) is 5.54 Å². The van der Waals surface area contributed by atoms with Gasteiger partial charge in [-0.15, -0.1) is 0 Å². The van der Waals surface area contributed by atoms with Crippen molar-refractivity contribution in [2.45, 2.75) is 12.5 Å². The summed E-state index contributed by atoms with van der Waals surface area (Å²) in [5.74, 6) is -0.540. The Morgan fingerprint density at radius 2 is 1.15 bits per heavy atom. The van der Waals surface area contributed by atoms with Crippen molar-refractivity contribution >= 4 is 45.0 Å². The number of rotatable bonds is 2. The fourth-order valence-corrected chi connectivity index (χ4v) is 6.95. The van der Waals surface area contributed by atoms with E-state index in [9.17, 15) is 9.59 Å². The zero-order chi connectivity index (χ0) is 27.2. The van der Waals surface area contributed by atoms with E-state index in [1.807, 2.05) is 37.3 Å².